The summed E-state index contributed by atoms with van der Waals surface area (Å²) < 4.78 is 0. The van der Waals surface area contributed by atoms with E-state index in [4.69, 9.17) is 10.8 Å². The van der Waals surface area contributed by atoms with Crippen molar-refractivity contribution in [2.75, 3.05) is 5.73 Å². The van der Waals surface area contributed by atoms with Crippen LogP contribution >= 0.6 is 0 Å². The van der Waals surface area contributed by atoms with Gasteiger partial charge in [-0.05, 0) is 6.42 Å². The molecule has 0 fully saturated rings. The maximum atomic E-state index is 11.8. The smallest absolute Gasteiger partial charge is 0.326 e. The minimum absolute atomic E-state index is 0.0189. The summed E-state index contributed by atoms with van der Waals surface area (Å²) in [6, 6.07) is -0.932. The van der Waals surface area contributed by atoms with Gasteiger partial charge in [-0.3, -0.25) is 4.79 Å². The molecule has 0 bridgehead atoms. The molecule has 7 nitrogen and oxygen atoms in total. The number of amides is 1. The summed E-state index contributed by atoms with van der Waals surface area (Å²) in [5.74, 6) is -1.71. The molecule has 18 heavy (non-hydrogen) atoms. The number of aliphatic carboxylic acids is 1. The monoisotopic (exact) mass is 252 g/mol. The maximum Gasteiger partial charge on any atom is 0.326 e. The van der Waals surface area contributed by atoms with E-state index >= 15 is 0 Å². The predicted molar refractivity (Wildman–Crippen MR) is 64.9 cm³/mol. The molecule has 0 saturated heterocycles. The number of unbranched alkanes of at least 4 members (excludes halogenated alkanes) is 1. The molecule has 1 rings (SSSR count). The Morgan fingerprint density at radius 1 is 1.44 bits per heavy atom. The van der Waals surface area contributed by atoms with E-state index in [1.807, 2.05) is 6.92 Å². The highest BCUT2D eigenvalue weighted by Gasteiger charge is 2.21. The highest BCUT2D eigenvalue weighted by molar-refractivity contribution is 5.98. The molecular weight excluding hydrogens is 236 g/mol. The lowest BCUT2D eigenvalue weighted by Crippen LogP contribution is -2.41. The second-order valence-electron chi connectivity index (χ2n) is 3.80. The minimum atomic E-state index is -1.07. The van der Waals surface area contributed by atoms with E-state index in [2.05, 4.69) is 15.3 Å². The van der Waals surface area contributed by atoms with Gasteiger partial charge >= 0.3 is 5.97 Å². The van der Waals surface area contributed by atoms with Crippen LogP contribution in [0, 0.1) is 0 Å². The van der Waals surface area contributed by atoms with Crippen LogP contribution < -0.4 is 11.1 Å². The first-order chi connectivity index (χ1) is 8.56. The van der Waals surface area contributed by atoms with Crippen LogP contribution in [-0.4, -0.2) is 33.0 Å². The van der Waals surface area contributed by atoms with E-state index in [0.29, 0.717) is 12.8 Å². The van der Waals surface area contributed by atoms with E-state index in [-0.39, 0.29) is 11.5 Å². The van der Waals surface area contributed by atoms with Crippen LogP contribution in [-0.2, 0) is 4.79 Å². The average molecular weight is 252 g/mol. The Morgan fingerprint density at radius 2 is 2.11 bits per heavy atom. The Morgan fingerprint density at radius 3 is 2.67 bits per heavy atom. The van der Waals surface area contributed by atoms with Gasteiger partial charge in [-0.25, -0.2) is 14.8 Å². The molecule has 0 aliphatic rings. The van der Waals surface area contributed by atoms with Crippen molar-refractivity contribution >= 4 is 17.7 Å². The van der Waals surface area contributed by atoms with Crippen molar-refractivity contribution in [3.8, 4) is 0 Å². The molecule has 4 N–H and O–H groups in total. The lowest BCUT2D eigenvalue weighted by atomic mass is 10.1. The van der Waals surface area contributed by atoms with Crippen molar-refractivity contribution in [2.45, 2.75) is 32.2 Å². The van der Waals surface area contributed by atoms with Crippen LogP contribution in [0.4, 0.5) is 5.82 Å². The van der Waals surface area contributed by atoms with Crippen molar-refractivity contribution in [2.24, 2.45) is 0 Å². The van der Waals surface area contributed by atoms with Crippen LogP contribution in [0.3, 0.4) is 0 Å². The van der Waals surface area contributed by atoms with Crippen LogP contribution in [0.2, 0.25) is 0 Å². The third-order valence-electron chi connectivity index (χ3n) is 2.39. The number of nitrogens with two attached hydrogens (primary N) is 1. The third kappa shape index (κ3) is 3.69. The summed E-state index contributed by atoms with van der Waals surface area (Å²) >= 11 is 0. The number of nitrogen functional groups attached to an aromatic ring is 1. The zero-order chi connectivity index (χ0) is 13.5. The fraction of sp³-hybridized carbons (Fsp3) is 0.455. The van der Waals surface area contributed by atoms with Gasteiger partial charge in [0.05, 0.1) is 0 Å². The number of aromatic nitrogens is 2. The summed E-state index contributed by atoms with van der Waals surface area (Å²) in [5.41, 5.74) is 5.44. The molecule has 1 heterocycles. The van der Waals surface area contributed by atoms with Gasteiger partial charge in [-0.1, -0.05) is 19.8 Å². The van der Waals surface area contributed by atoms with Gasteiger partial charge in [-0.15, -0.1) is 0 Å². The number of carbonyl (C=O) groups is 2. The Hall–Kier alpha value is -2.18. The molecule has 1 aromatic heterocycles. The number of anilines is 1. The topological polar surface area (TPSA) is 118 Å². The van der Waals surface area contributed by atoms with E-state index in [1.54, 1.807) is 0 Å². The summed E-state index contributed by atoms with van der Waals surface area (Å²) in [6.45, 7) is 1.95. The van der Waals surface area contributed by atoms with Crippen LogP contribution in [0.15, 0.2) is 12.4 Å². The fourth-order valence-electron chi connectivity index (χ4n) is 1.42. The van der Waals surface area contributed by atoms with Gasteiger partial charge in [0.2, 0.25) is 0 Å². The SMILES string of the molecule is CCCC[C@H](NC(=O)c1nccnc1N)C(=O)O. The highest BCUT2D eigenvalue weighted by Crippen LogP contribution is 2.06. The largest absolute Gasteiger partial charge is 0.480 e. The van der Waals surface area contributed by atoms with E-state index in [1.165, 1.54) is 12.4 Å². The molecular formula is C11H16N4O3. The number of carbonyl (C=O) groups excluding carboxylic acids is 1. The maximum absolute atomic E-state index is 11.8. The van der Waals surface area contributed by atoms with E-state index < -0.39 is 17.9 Å². The summed E-state index contributed by atoms with van der Waals surface area (Å²) in [6.07, 6.45) is 4.63. The first-order valence-corrected chi connectivity index (χ1v) is 5.66. The molecule has 0 aromatic carbocycles. The quantitative estimate of drug-likeness (QED) is 0.675. The number of nitrogens with one attached hydrogen (secondary N) is 1. The van der Waals surface area contributed by atoms with Crippen molar-refractivity contribution < 1.29 is 14.7 Å². The Balaban J connectivity index is 2.72. The Kier molecular flexibility index (Phi) is 5.04. The summed E-state index contributed by atoms with van der Waals surface area (Å²) in [5, 5.41) is 11.4. The number of nitrogens with zero attached hydrogens (tertiary/aromatic N) is 2. The summed E-state index contributed by atoms with van der Waals surface area (Å²) in [4.78, 5) is 30.3. The molecule has 0 aliphatic carbocycles. The van der Waals surface area contributed by atoms with Gasteiger partial charge in [0.15, 0.2) is 11.5 Å². The second-order valence-corrected chi connectivity index (χ2v) is 3.80. The molecule has 0 unspecified atom stereocenters. The molecule has 0 spiro atoms. The van der Waals surface area contributed by atoms with Gasteiger partial charge in [0.25, 0.3) is 5.91 Å². The average Bonchev–Trinajstić information content (AvgIpc) is 2.34. The van der Waals surface area contributed by atoms with Crippen LogP contribution in [0.25, 0.3) is 0 Å². The lowest BCUT2D eigenvalue weighted by molar-refractivity contribution is -0.139. The standard InChI is InChI=1S/C11H16N4O3/c1-2-3-4-7(11(17)18)15-10(16)8-9(12)14-6-5-13-8/h5-7H,2-4H2,1H3,(H2,12,14)(H,15,16)(H,17,18)/t7-/m0/s1. The van der Waals surface area contributed by atoms with E-state index in [0.717, 1.165) is 6.42 Å². The fourth-order valence-corrected chi connectivity index (χ4v) is 1.42. The molecule has 0 radical (unpaired) electrons. The van der Waals surface area contributed by atoms with Crippen molar-refractivity contribution in [3.05, 3.63) is 18.1 Å². The minimum Gasteiger partial charge on any atom is -0.480 e. The number of hydrogen-bond donors (Lipinski definition) is 3. The van der Waals surface area contributed by atoms with Crippen LogP contribution in [0.1, 0.15) is 36.7 Å². The van der Waals surface area contributed by atoms with Crippen molar-refractivity contribution in [3.63, 3.8) is 0 Å². The first-order valence-electron chi connectivity index (χ1n) is 5.66. The van der Waals surface area contributed by atoms with Gasteiger partial charge in [0.1, 0.15) is 6.04 Å². The molecule has 98 valence electrons. The van der Waals surface area contributed by atoms with Crippen molar-refractivity contribution in [1.82, 2.24) is 15.3 Å². The van der Waals surface area contributed by atoms with E-state index in [9.17, 15) is 9.59 Å². The predicted octanol–water partition coefficient (Wildman–Crippen LogP) is 0.432. The highest BCUT2D eigenvalue weighted by atomic mass is 16.4. The zero-order valence-corrected chi connectivity index (χ0v) is 10.1. The molecule has 1 amide bonds. The third-order valence-corrected chi connectivity index (χ3v) is 2.39. The van der Waals surface area contributed by atoms with Gasteiger partial charge < -0.3 is 16.2 Å². The Bertz CT molecular complexity index is 436. The second kappa shape index (κ2) is 6.53. The number of carboxylic acid groups (broad SMARTS) is 1. The molecule has 7 heteroatoms. The Labute approximate surface area is 104 Å². The molecule has 1 aromatic rings. The van der Waals surface area contributed by atoms with Crippen molar-refractivity contribution in [1.29, 1.82) is 0 Å². The molecule has 1 atom stereocenters. The normalized spacial score (nSPS) is 11.8. The first kappa shape index (κ1) is 13.9. The summed E-state index contributed by atoms with van der Waals surface area (Å²) in [7, 11) is 0. The number of hydrogen-bond acceptors (Lipinski definition) is 5. The zero-order valence-electron chi connectivity index (χ0n) is 10.1. The van der Waals surface area contributed by atoms with Gasteiger partial charge in [0, 0.05) is 12.4 Å². The van der Waals surface area contributed by atoms with Crippen LogP contribution in [0.5, 0.6) is 0 Å². The lowest BCUT2D eigenvalue weighted by Gasteiger charge is -2.13. The number of carboxylic acids is 1. The number of rotatable bonds is 6. The van der Waals surface area contributed by atoms with Gasteiger partial charge in [-0.2, -0.15) is 0 Å². The molecule has 0 aliphatic heterocycles. The molecule has 0 saturated carbocycles.